The summed E-state index contributed by atoms with van der Waals surface area (Å²) in [7, 11) is 1.94. The highest BCUT2D eigenvalue weighted by Crippen LogP contribution is 2.25. The Labute approximate surface area is 142 Å². The van der Waals surface area contributed by atoms with Crippen molar-refractivity contribution in [2.45, 2.75) is 18.7 Å². The van der Waals surface area contributed by atoms with Gasteiger partial charge in [0.15, 0.2) is 0 Å². The average molecular weight is 325 g/mol. The summed E-state index contributed by atoms with van der Waals surface area (Å²) in [5.74, 6) is 0.105. The molecule has 0 bridgehead atoms. The van der Waals surface area contributed by atoms with Gasteiger partial charge in [0.05, 0.1) is 24.3 Å². The Hall–Kier alpha value is -2.11. The van der Waals surface area contributed by atoms with Crippen molar-refractivity contribution in [3.8, 4) is 0 Å². The third-order valence-corrected chi connectivity index (χ3v) is 5.01. The maximum absolute atomic E-state index is 12.7. The Morgan fingerprint density at radius 3 is 2.79 bits per heavy atom. The van der Waals surface area contributed by atoms with Crippen LogP contribution in [-0.4, -0.2) is 58.7 Å². The summed E-state index contributed by atoms with van der Waals surface area (Å²) in [6.45, 7) is 4.00. The van der Waals surface area contributed by atoms with Crippen LogP contribution in [0, 0.1) is 0 Å². The summed E-state index contributed by atoms with van der Waals surface area (Å²) in [4.78, 5) is 17.1. The minimum absolute atomic E-state index is 0.105. The minimum Gasteiger partial charge on any atom is -0.373 e. The number of carbonyl (C=O) groups is 1. The number of fused-ring (bicyclic) bond motifs is 1. The van der Waals surface area contributed by atoms with E-state index in [1.165, 1.54) is 5.56 Å². The summed E-state index contributed by atoms with van der Waals surface area (Å²) in [5.41, 5.74) is 2.07. The van der Waals surface area contributed by atoms with E-state index in [0.29, 0.717) is 6.54 Å². The summed E-state index contributed by atoms with van der Waals surface area (Å²) in [6, 6.07) is 12.7. The van der Waals surface area contributed by atoms with Crippen LogP contribution in [0.3, 0.4) is 0 Å². The lowest BCUT2D eigenvalue weighted by Gasteiger charge is -2.36. The normalized spacial score (nSPS) is 24.1. The van der Waals surface area contributed by atoms with Crippen molar-refractivity contribution < 1.29 is 9.53 Å². The molecule has 5 nitrogen and oxygen atoms in total. The van der Waals surface area contributed by atoms with Crippen molar-refractivity contribution in [1.82, 2.24) is 14.4 Å². The molecule has 4 rings (SSSR count). The Kier molecular flexibility index (Phi) is 4.12. The molecule has 2 atom stereocenters. The first-order chi connectivity index (χ1) is 11.7. The number of ether oxygens (including phenoxy) is 1. The number of hydrogen-bond acceptors (Lipinski definition) is 3. The van der Waals surface area contributed by atoms with E-state index in [2.05, 4.69) is 29.2 Å². The lowest BCUT2D eigenvalue weighted by Crippen LogP contribution is -2.50. The van der Waals surface area contributed by atoms with E-state index in [0.717, 1.165) is 31.8 Å². The van der Waals surface area contributed by atoms with Crippen LogP contribution < -0.4 is 0 Å². The van der Waals surface area contributed by atoms with Gasteiger partial charge in [-0.05, 0) is 11.6 Å². The number of benzene rings is 1. The molecule has 2 saturated heterocycles. The van der Waals surface area contributed by atoms with Gasteiger partial charge >= 0.3 is 0 Å². The quantitative estimate of drug-likeness (QED) is 0.863. The zero-order chi connectivity index (χ0) is 16.5. The third kappa shape index (κ3) is 2.97. The number of hydrogen-bond donors (Lipinski definition) is 0. The molecule has 126 valence electrons. The molecule has 5 heteroatoms. The van der Waals surface area contributed by atoms with Gasteiger partial charge in [0.25, 0.3) is 5.91 Å². The summed E-state index contributed by atoms with van der Waals surface area (Å²) < 4.78 is 7.86. The van der Waals surface area contributed by atoms with Crippen molar-refractivity contribution in [2.75, 3.05) is 26.2 Å². The predicted molar refractivity (Wildman–Crippen MR) is 91.7 cm³/mol. The van der Waals surface area contributed by atoms with Crippen molar-refractivity contribution >= 4 is 5.91 Å². The molecule has 2 aromatic rings. The van der Waals surface area contributed by atoms with E-state index in [1.54, 1.807) is 0 Å². The Morgan fingerprint density at radius 2 is 2.04 bits per heavy atom. The summed E-state index contributed by atoms with van der Waals surface area (Å²) in [5, 5.41) is 0. The molecule has 1 amide bonds. The predicted octanol–water partition coefficient (Wildman–Crippen LogP) is 1.75. The molecule has 24 heavy (non-hydrogen) atoms. The maximum Gasteiger partial charge on any atom is 0.255 e. The van der Waals surface area contributed by atoms with Crippen LogP contribution in [-0.2, 0) is 18.3 Å². The molecule has 0 unspecified atom stereocenters. The SMILES string of the molecule is Cn1ccc(C(=O)N2C[C@@H]3[C@@H](C2)OCCN3Cc2ccccc2)c1. The van der Waals surface area contributed by atoms with Gasteiger partial charge in [0.2, 0.25) is 0 Å². The second-order valence-electron chi connectivity index (χ2n) is 6.71. The number of aryl methyl sites for hydroxylation is 1. The van der Waals surface area contributed by atoms with Crippen molar-refractivity contribution in [3.05, 3.63) is 59.9 Å². The fraction of sp³-hybridized carbons (Fsp3) is 0.421. The van der Waals surface area contributed by atoms with E-state index in [4.69, 9.17) is 4.74 Å². The molecule has 0 N–H and O–H groups in total. The van der Waals surface area contributed by atoms with Gasteiger partial charge < -0.3 is 14.2 Å². The lowest BCUT2D eigenvalue weighted by molar-refractivity contribution is -0.0503. The monoisotopic (exact) mass is 325 g/mol. The van der Waals surface area contributed by atoms with Gasteiger partial charge in [-0.25, -0.2) is 0 Å². The Bertz CT molecular complexity index is 712. The maximum atomic E-state index is 12.7. The van der Waals surface area contributed by atoms with Crippen LogP contribution in [0.5, 0.6) is 0 Å². The molecule has 2 fully saturated rings. The highest BCUT2D eigenvalue weighted by atomic mass is 16.5. The number of carbonyl (C=O) groups excluding carboxylic acids is 1. The Morgan fingerprint density at radius 1 is 1.21 bits per heavy atom. The number of nitrogens with zero attached hydrogens (tertiary/aromatic N) is 3. The first-order valence-electron chi connectivity index (χ1n) is 8.51. The molecule has 0 aliphatic carbocycles. The summed E-state index contributed by atoms with van der Waals surface area (Å²) in [6.07, 6.45) is 3.91. The fourth-order valence-corrected chi connectivity index (χ4v) is 3.75. The zero-order valence-corrected chi connectivity index (χ0v) is 14.0. The number of aromatic nitrogens is 1. The summed E-state index contributed by atoms with van der Waals surface area (Å²) >= 11 is 0. The number of amides is 1. The second-order valence-corrected chi connectivity index (χ2v) is 6.71. The zero-order valence-electron chi connectivity index (χ0n) is 14.0. The lowest BCUT2D eigenvalue weighted by atomic mass is 10.1. The first kappa shape index (κ1) is 15.4. The van der Waals surface area contributed by atoms with Crippen LogP contribution in [0.25, 0.3) is 0 Å². The van der Waals surface area contributed by atoms with Crippen molar-refractivity contribution in [2.24, 2.45) is 7.05 Å². The van der Waals surface area contributed by atoms with Crippen LogP contribution in [0.15, 0.2) is 48.8 Å². The molecule has 1 aromatic heterocycles. The van der Waals surface area contributed by atoms with E-state index >= 15 is 0 Å². The molecule has 3 heterocycles. The van der Waals surface area contributed by atoms with E-state index in [1.807, 2.05) is 41.0 Å². The third-order valence-electron chi connectivity index (χ3n) is 5.01. The molecule has 2 aliphatic rings. The van der Waals surface area contributed by atoms with Gasteiger partial charge in [-0.1, -0.05) is 30.3 Å². The van der Waals surface area contributed by atoms with Gasteiger partial charge in [-0.15, -0.1) is 0 Å². The first-order valence-corrected chi connectivity index (χ1v) is 8.51. The highest BCUT2D eigenvalue weighted by molar-refractivity contribution is 5.94. The molecule has 2 aliphatic heterocycles. The fourth-order valence-electron chi connectivity index (χ4n) is 3.75. The molecular formula is C19H23N3O2. The van der Waals surface area contributed by atoms with E-state index in [-0.39, 0.29) is 18.1 Å². The molecule has 0 radical (unpaired) electrons. The van der Waals surface area contributed by atoms with Crippen molar-refractivity contribution in [3.63, 3.8) is 0 Å². The highest BCUT2D eigenvalue weighted by Gasteiger charge is 2.41. The molecule has 0 saturated carbocycles. The molecular weight excluding hydrogens is 302 g/mol. The molecule has 0 spiro atoms. The van der Waals surface area contributed by atoms with Crippen LogP contribution in [0.2, 0.25) is 0 Å². The standard InChI is InChI=1S/C19H23N3O2/c1-20-8-7-16(12-20)19(23)22-13-17-18(14-22)24-10-9-21(17)11-15-5-3-2-4-6-15/h2-8,12,17-18H,9-11,13-14H2,1H3/t17-,18-/m1/s1. The van der Waals surface area contributed by atoms with Gasteiger partial charge in [-0.3, -0.25) is 9.69 Å². The van der Waals surface area contributed by atoms with E-state index < -0.39 is 0 Å². The number of morpholine rings is 1. The Balaban J connectivity index is 1.47. The van der Waals surface area contributed by atoms with Crippen LogP contribution >= 0.6 is 0 Å². The largest absolute Gasteiger partial charge is 0.373 e. The van der Waals surface area contributed by atoms with Gasteiger partial charge in [0, 0.05) is 45.6 Å². The van der Waals surface area contributed by atoms with Crippen LogP contribution in [0.1, 0.15) is 15.9 Å². The smallest absolute Gasteiger partial charge is 0.255 e. The number of likely N-dealkylation sites (tertiary alicyclic amines) is 1. The van der Waals surface area contributed by atoms with E-state index in [9.17, 15) is 4.79 Å². The second kappa shape index (κ2) is 6.42. The number of rotatable bonds is 3. The minimum atomic E-state index is 0.105. The average Bonchev–Trinajstić information content (AvgIpc) is 3.22. The molecule has 1 aromatic carbocycles. The van der Waals surface area contributed by atoms with Gasteiger partial charge in [0.1, 0.15) is 0 Å². The van der Waals surface area contributed by atoms with Crippen LogP contribution in [0.4, 0.5) is 0 Å². The van der Waals surface area contributed by atoms with Crippen molar-refractivity contribution in [1.29, 1.82) is 0 Å². The topological polar surface area (TPSA) is 37.7 Å². The van der Waals surface area contributed by atoms with Gasteiger partial charge in [-0.2, -0.15) is 0 Å².